The van der Waals surface area contributed by atoms with Crippen molar-refractivity contribution in [1.82, 2.24) is 4.90 Å². The highest BCUT2D eigenvalue weighted by atomic mass is 31.2. The van der Waals surface area contributed by atoms with Gasteiger partial charge in [0.25, 0.3) is 0 Å². The van der Waals surface area contributed by atoms with Gasteiger partial charge in [0.15, 0.2) is 0 Å². The first-order valence-corrected chi connectivity index (χ1v) is 13.1. The van der Waals surface area contributed by atoms with Gasteiger partial charge in [-0.1, -0.05) is 73.4 Å². The molecule has 7 heteroatoms. The Morgan fingerprint density at radius 3 is 2.31 bits per heavy atom. The lowest BCUT2D eigenvalue weighted by Crippen LogP contribution is -2.35. The molecule has 6 nitrogen and oxygen atoms in total. The molecule has 2 aromatic rings. The second-order valence-corrected chi connectivity index (χ2v) is 10.7. The number of rotatable bonds is 10. The van der Waals surface area contributed by atoms with E-state index in [0.717, 1.165) is 23.2 Å². The molecule has 3 rings (SSSR count). The lowest BCUT2D eigenvalue weighted by atomic mass is 9.88. The molecule has 0 aliphatic heterocycles. The molecule has 0 aromatic heterocycles. The van der Waals surface area contributed by atoms with Crippen LogP contribution in [0.4, 0.5) is 0 Å². The minimum atomic E-state index is -4.11. The van der Waals surface area contributed by atoms with Crippen molar-refractivity contribution < 1.29 is 24.3 Å². The third-order valence-electron chi connectivity index (χ3n) is 6.25. The molecule has 0 heterocycles. The first-order chi connectivity index (χ1) is 15.2. The van der Waals surface area contributed by atoms with Gasteiger partial charge in [0.1, 0.15) is 0 Å². The highest BCUT2D eigenvalue weighted by molar-refractivity contribution is 7.50. The molecular formula is C25H34NO5P. The predicted molar refractivity (Wildman–Crippen MR) is 125 cm³/mol. The van der Waals surface area contributed by atoms with Crippen LogP contribution in [0.25, 0.3) is 0 Å². The van der Waals surface area contributed by atoms with Crippen LogP contribution >= 0.6 is 7.60 Å². The number of aliphatic carboxylic acids is 1. The molecule has 0 amide bonds. The van der Waals surface area contributed by atoms with E-state index in [-0.39, 0.29) is 18.6 Å². The summed E-state index contributed by atoms with van der Waals surface area (Å²) >= 11 is 0. The van der Waals surface area contributed by atoms with Crippen LogP contribution in [-0.2, 0) is 22.1 Å². The van der Waals surface area contributed by atoms with Crippen LogP contribution in [0.1, 0.15) is 66.8 Å². The molecule has 1 aliphatic rings. The van der Waals surface area contributed by atoms with E-state index in [1.165, 1.54) is 32.1 Å². The summed E-state index contributed by atoms with van der Waals surface area (Å²) in [4.78, 5) is 32.5. The van der Waals surface area contributed by atoms with Crippen LogP contribution in [0.15, 0.2) is 48.5 Å². The van der Waals surface area contributed by atoms with Crippen molar-refractivity contribution >= 4 is 13.6 Å². The Balaban J connectivity index is 1.87. The molecule has 32 heavy (non-hydrogen) atoms. The summed E-state index contributed by atoms with van der Waals surface area (Å²) < 4.78 is 11.3. The number of carboxylic acid groups (broad SMARTS) is 1. The van der Waals surface area contributed by atoms with E-state index in [9.17, 15) is 24.3 Å². The standard InChI is InChI=1S/C25H34NO5P/c1-19-6-5-9-23(14-19)24(15-25(27)28)26(16-20-7-3-2-4-8-20)17-21-10-12-22(13-11-21)18-32(29,30)31/h5-6,9-14,20,24H,2-4,7-8,15-18H2,1H3,(H,27,28)(H2,29,30,31). The highest BCUT2D eigenvalue weighted by Gasteiger charge is 2.27. The molecule has 0 saturated heterocycles. The zero-order valence-corrected chi connectivity index (χ0v) is 19.6. The van der Waals surface area contributed by atoms with Gasteiger partial charge in [0.2, 0.25) is 0 Å². The van der Waals surface area contributed by atoms with E-state index < -0.39 is 13.6 Å². The van der Waals surface area contributed by atoms with Crippen LogP contribution in [-0.4, -0.2) is 32.3 Å². The van der Waals surface area contributed by atoms with E-state index in [2.05, 4.69) is 11.0 Å². The molecule has 174 valence electrons. The minimum Gasteiger partial charge on any atom is -0.481 e. The fraction of sp³-hybridized carbons (Fsp3) is 0.480. The summed E-state index contributed by atoms with van der Waals surface area (Å²) in [6.07, 6.45) is 5.83. The highest BCUT2D eigenvalue weighted by Crippen LogP contribution is 2.39. The summed E-state index contributed by atoms with van der Waals surface area (Å²) in [5, 5.41) is 9.68. The van der Waals surface area contributed by atoms with E-state index in [0.29, 0.717) is 18.0 Å². The number of nitrogens with zero attached hydrogens (tertiary/aromatic N) is 1. The van der Waals surface area contributed by atoms with Gasteiger partial charge < -0.3 is 14.9 Å². The van der Waals surface area contributed by atoms with Gasteiger partial charge in [-0.3, -0.25) is 14.3 Å². The number of hydrogen-bond donors (Lipinski definition) is 3. The molecule has 1 saturated carbocycles. The summed E-state index contributed by atoms with van der Waals surface area (Å²) in [6, 6.07) is 15.2. The quantitative estimate of drug-likeness (QED) is 0.419. The van der Waals surface area contributed by atoms with Gasteiger partial charge in [0.05, 0.1) is 12.6 Å². The molecule has 1 aliphatic carbocycles. The Morgan fingerprint density at radius 1 is 1.06 bits per heavy atom. The SMILES string of the molecule is Cc1cccc(C(CC(=O)O)N(Cc2ccc(CP(=O)(O)O)cc2)CC2CCCCC2)c1. The first kappa shape index (κ1) is 24.7. The maximum Gasteiger partial charge on any atom is 0.329 e. The fourth-order valence-electron chi connectivity index (χ4n) is 4.73. The third kappa shape index (κ3) is 7.86. The fourth-order valence-corrected chi connectivity index (χ4v) is 5.41. The van der Waals surface area contributed by atoms with E-state index in [1.807, 2.05) is 37.3 Å². The van der Waals surface area contributed by atoms with Gasteiger partial charge in [-0.15, -0.1) is 0 Å². The molecule has 0 radical (unpaired) electrons. The average molecular weight is 460 g/mol. The Labute approximate surface area is 190 Å². The van der Waals surface area contributed by atoms with Crippen molar-refractivity contribution in [2.45, 2.75) is 64.2 Å². The molecule has 1 unspecified atom stereocenters. The average Bonchev–Trinajstić information content (AvgIpc) is 2.72. The Kier molecular flexibility index (Phi) is 8.66. The van der Waals surface area contributed by atoms with E-state index in [4.69, 9.17) is 0 Å². The van der Waals surface area contributed by atoms with Gasteiger partial charge in [-0.05, 0) is 42.4 Å². The lowest BCUT2D eigenvalue weighted by molar-refractivity contribution is -0.138. The number of carboxylic acids is 1. The zero-order valence-electron chi connectivity index (χ0n) is 18.7. The Morgan fingerprint density at radius 2 is 1.72 bits per heavy atom. The largest absolute Gasteiger partial charge is 0.481 e. The Bertz CT molecular complexity index is 934. The smallest absolute Gasteiger partial charge is 0.329 e. The third-order valence-corrected chi connectivity index (χ3v) is 7.03. The van der Waals surface area contributed by atoms with E-state index in [1.54, 1.807) is 12.1 Å². The first-order valence-electron chi connectivity index (χ1n) is 11.3. The summed E-state index contributed by atoms with van der Waals surface area (Å²) in [5.74, 6) is -0.263. The van der Waals surface area contributed by atoms with Crippen LogP contribution < -0.4 is 0 Å². The number of carbonyl (C=O) groups is 1. The monoisotopic (exact) mass is 459 g/mol. The molecule has 1 fully saturated rings. The summed E-state index contributed by atoms with van der Waals surface area (Å²) in [7, 11) is -4.11. The summed E-state index contributed by atoms with van der Waals surface area (Å²) in [5.41, 5.74) is 3.73. The van der Waals surface area contributed by atoms with Crippen molar-refractivity contribution in [2.75, 3.05) is 6.54 Å². The molecule has 1 atom stereocenters. The number of hydrogen-bond acceptors (Lipinski definition) is 3. The van der Waals surface area contributed by atoms with Gasteiger partial charge >= 0.3 is 13.6 Å². The normalized spacial score (nSPS) is 16.2. The lowest BCUT2D eigenvalue weighted by Gasteiger charge is -2.35. The van der Waals surface area contributed by atoms with Crippen molar-refractivity contribution in [1.29, 1.82) is 0 Å². The topological polar surface area (TPSA) is 98.1 Å². The molecule has 0 spiro atoms. The minimum absolute atomic E-state index is 0.0342. The number of benzene rings is 2. The van der Waals surface area contributed by atoms with Gasteiger partial charge in [-0.25, -0.2) is 0 Å². The molecule has 3 N–H and O–H groups in total. The molecule has 2 aromatic carbocycles. The maximum atomic E-state index is 11.8. The van der Waals surface area contributed by atoms with E-state index >= 15 is 0 Å². The van der Waals surface area contributed by atoms with Crippen molar-refractivity contribution in [3.63, 3.8) is 0 Å². The zero-order chi connectivity index (χ0) is 23.1. The van der Waals surface area contributed by atoms with Gasteiger partial charge in [0, 0.05) is 19.1 Å². The maximum absolute atomic E-state index is 11.8. The molecular weight excluding hydrogens is 425 g/mol. The van der Waals surface area contributed by atoms with Gasteiger partial charge in [-0.2, -0.15) is 0 Å². The van der Waals surface area contributed by atoms with Crippen LogP contribution in [0, 0.1) is 12.8 Å². The second kappa shape index (κ2) is 11.2. The van der Waals surface area contributed by atoms with Crippen molar-refractivity contribution in [3.8, 4) is 0 Å². The number of aryl methyl sites for hydroxylation is 1. The van der Waals surface area contributed by atoms with Crippen LogP contribution in [0.2, 0.25) is 0 Å². The van der Waals surface area contributed by atoms with Crippen LogP contribution in [0.3, 0.4) is 0 Å². The summed E-state index contributed by atoms with van der Waals surface area (Å²) in [6.45, 7) is 3.46. The molecule has 0 bridgehead atoms. The Hall–Kier alpha value is -1.98. The second-order valence-electron chi connectivity index (χ2n) is 9.10. The predicted octanol–water partition coefficient (Wildman–Crippen LogP) is 5.27. The van der Waals surface area contributed by atoms with Crippen molar-refractivity contribution in [2.24, 2.45) is 5.92 Å². The van der Waals surface area contributed by atoms with Crippen LogP contribution in [0.5, 0.6) is 0 Å². The van der Waals surface area contributed by atoms with Crippen molar-refractivity contribution in [3.05, 3.63) is 70.8 Å².